The van der Waals surface area contributed by atoms with Crippen molar-refractivity contribution in [3.63, 3.8) is 0 Å². The van der Waals surface area contributed by atoms with Crippen molar-refractivity contribution in [3.05, 3.63) is 175 Å². The zero-order chi connectivity index (χ0) is 35.2. The Balaban J connectivity index is 1.04. The quantitative estimate of drug-likeness (QED) is 0.0862. The van der Waals surface area contributed by atoms with E-state index in [1.807, 2.05) is 131 Å². The third-order valence-corrected chi connectivity index (χ3v) is 8.25. The van der Waals surface area contributed by atoms with Gasteiger partial charge in [0.2, 0.25) is 0 Å². The number of hydrogen-bond donors (Lipinski definition) is 5. The van der Waals surface area contributed by atoms with Gasteiger partial charge < -0.3 is 35.8 Å². The van der Waals surface area contributed by atoms with Crippen LogP contribution in [0.15, 0.2) is 175 Å². The molecule has 7 aromatic rings. The molecule has 0 saturated heterocycles. The molecule has 0 spiro atoms. The number of nitrogens with one attached hydrogen (secondary N) is 2. The summed E-state index contributed by atoms with van der Waals surface area (Å²) in [6.07, 6.45) is 0. The zero-order valence-corrected chi connectivity index (χ0v) is 27.3. The molecule has 0 radical (unpaired) electrons. The molecule has 0 amide bonds. The van der Waals surface area contributed by atoms with E-state index in [4.69, 9.17) is 0 Å². The number of aromatic hydroxyl groups is 3. The minimum atomic E-state index is 0.179. The molecule has 0 saturated carbocycles. The standard InChI is InChI=1S/C42H33N5O4/c48-40-23-17-37(18-24-40)46(36-15-9-33(45-51)10-16-36)34-11-5-31(6-12-34)43-29-1-3-30(4-2-29)44-32-7-13-35(14-8-32)47(38-19-25-41(49)26-20-38)39-21-27-42(50)28-22-39/h1-28,43-44,48-50H. The molecule has 0 aromatic heterocycles. The number of rotatable bonds is 11. The van der Waals surface area contributed by atoms with E-state index in [0.29, 0.717) is 5.69 Å². The summed E-state index contributed by atoms with van der Waals surface area (Å²) in [7, 11) is 0. The Morgan fingerprint density at radius 3 is 0.804 bits per heavy atom. The molecule has 0 heterocycles. The lowest BCUT2D eigenvalue weighted by Crippen LogP contribution is -2.09. The minimum absolute atomic E-state index is 0.179. The molecule has 7 rings (SSSR count). The summed E-state index contributed by atoms with van der Waals surface area (Å²) in [5, 5.41) is 39.4. The monoisotopic (exact) mass is 671 g/mol. The lowest BCUT2D eigenvalue weighted by atomic mass is 10.1. The summed E-state index contributed by atoms with van der Waals surface area (Å²) >= 11 is 0. The van der Waals surface area contributed by atoms with E-state index in [2.05, 4.69) is 15.8 Å². The van der Waals surface area contributed by atoms with Crippen LogP contribution in [0, 0.1) is 4.91 Å². The third-order valence-electron chi connectivity index (χ3n) is 8.25. The predicted octanol–water partition coefficient (Wildman–Crippen LogP) is 11.6. The maximum absolute atomic E-state index is 11.0. The molecule has 7 aromatic carbocycles. The molecule has 0 atom stereocenters. The smallest absolute Gasteiger partial charge is 0.115 e. The van der Waals surface area contributed by atoms with E-state index >= 15 is 0 Å². The van der Waals surface area contributed by atoms with E-state index < -0.39 is 0 Å². The van der Waals surface area contributed by atoms with Gasteiger partial charge in [-0.2, -0.15) is 0 Å². The van der Waals surface area contributed by atoms with Gasteiger partial charge in [-0.15, -0.1) is 4.91 Å². The van der Waals surface area contributed by atoms with Crippen LogP contribution in [0.25, 0.3) is 0 Å². The Hall–Kier alpha value is -7.26. The molecule has 0 bridgehead atoms. The molecule has 0 aliphatic carbocycles. The molecule has 9 nitrogen and oxygen atoms in total. The van der Waals surface area contributed by atoms with Gasteiger partial charge in [0, 0.05) is 56.9 Å². The summed E-state index contributed by atoms with van der Waals surface area (Å²) < 4.78 is 0. The highest BCUT2D eigenvalue weighted by Gasteiger charge is 2.14. The van der Waals surface area contributed by atoms with Crippen molar-refractivity contribution in [2.24, 2.45) is 5.18 Å². The van der Waals surface area contributed by atoms with Crippen LogP contribution in [0.5, 0.6) is 17.2 Å². The first-order chi connectivity index (χ1) is 24.9. The van der Waals surface area contributed by atoms with Crippen molar-refractivity contribution in [1.29, 1.82) is 0 Å². The SMILES string of the molecule is O=Nc1ccc(N(c2ccc(O)cc2)c2ccc(Nc3ccc(Nc4ccc(N(c5ccc(O)cc5)c5ccc(O)cc5)cc4)cc3)cc2)cc1. The van der Waals surface area contributed by atoms with Crippen LogP contribution in [0.4, 0.5) is 62.6 Å². The predicted molar refractivity (Wildman–Crippen MR) is 206 cm³/mol. The van der Waals surface area contributed by atoms with E-state index in [1.165, 1.54) is 0 Å². The minimum Gasteiger partial charge on any atom is -0.508 e. The highest BCUT2D eigenvalue weighted by molar-refractivity contribution is 5.80. The fourth-order valence-electron chi connectivity index (χ4n) is 5.72. The summed E-state index contributed by atoms with van der Waals surface area (Å²) in [6.45, 7) is 0. The summed E-state index contributed by atoms with van der Waals surface area (Å²) in [6, 6.07) is 52.0. The van der Waals surface area contributed by atoms with Crippen molar-refractivity contribution < 1.29 is 15.3 Å². The number of nitrogens with zero attached hydrogens (tertiary/aromatic N) is 3. The van der Waals surface area contributed by atoms with Gasteiger partial charge in [0.15, 0.2) is 0 Å². The Kier molecular flexibility index (Phi) is 9.16. The Morgan fingerprint density at radius 2 is 0.549 bits per heavy atom. The molecule has 0 aliphatic rings. The maximum atomic E-state index is 11.0. The number of nitroso groups, excluding NO2 is 1. The van der Waals surface area contributed by atoms with E-state index in [1.54, 1.807) is 48.5 Å². The normalized spacial score (nSPS) is 10.7. The van der Waals surface area contributed by atoms with Crippen molar-refractivity contribution in [3.8, 4) is 17.2 Å². The lowest BCUT2D eigenvalue weighted by molar-refractivity contribution is 0.475. The first kappa shape index (κ1) is 32.3. The first-order valence-electron chi connectivity index (χ1n) is 16.2. The van der Waals surface area contributed by atoms with Crippen molar-refractivity contribution in [1.82, 2.24) is 0 Å². The van der Waals surface area contributed by atoms with E-state index in [-0.39, 0.29) is 17.2 Å². The molecule has 9 heteroatoms. The molecule has 51 heavy (non-hydrogen) atoms. The second-order valence-electron chi connectivity index (χ2n) is 11.7. The van der Waals surface area contributed by atoms with Crippen LogP contribution in [-0.4, -0.2) is 15.3 Å². The van der Waals surface area contributed by atoms with Crippen molar-refractivity contribution in [2.75, 3.05) is 20.4 Å². The average Bonchev–Trinajstić information content (AvgIpc) is 3.16. The van der Waals surface area contributed by atoms with E-state index in [0.717, 1.165) is 56.9 Å². The molecule has 5 N–H and O–H groups in total. The van der Waals surface area contributed by atoms with Gasteiger partial charge in [-0.05, 0) is 175 Å². The zero-order valence-electron chi connectivity index (χ0n) is 27.3. The average molecular weight is 672 g/mol. The van der Waals surface area contributed by atoms with Gasteiger partial charge in [-0.1, -0.05) is 0 Å². The lowest BCUT2D eigenvalue weighted by Gasteiger charge is -2.26. The molecular weight excluding hydrogens is 638 g/mol. The van der Waals surface area contributed by atoms with Gasteiger partial charge in [-0.3, -0.25) is 0 Å². The van der Waals surface area contributed by atoms with Crippen LogP contribution in [0.1, 0.15) is 0 Å². The van der Waals surface area contributed by atoms with Crippen LogP contribution >= 0.6 is 0 Å². The van der Waals surface area contributed by atoms with Crippen LogP contribution in [0.2, 0.25) is 0 Å². The van der Waals surface area contributed by atoms with Gasteiger partial charge in [0.25, 0.3) is 0 Å². The van der Waals surface area contributed by atoms with Crippen molar-refractivity contribution >= 4 is 62.6 Å². The summed E-state index contributed by atoms with van der Waals surface area (Å²) in [5.41, 5.74) is 9.29. The van der Waals surface area contributed by atoms with Crippen LogP contribution in [-0.2, 0) is 0 Å². The number of benzene rings is 7. The molecule has 0 aliphatic heterocycles. The molecular formula is C42H33N5O4. The van der Waals surface area contributed by atoms with Gasteiger partial charge in [0.05, 0.1) is 0 Å². The Morgan fingerprint density at radius 1 is 0.333 bits per heavy atom. The topological polar surface area (TPSA) is 121 Å². The van der Waals surface area contributed by atoms with Gasteiger partial charge >= 0.3 is 0 Å². The Bertz CT molecular complexity index is 2160. The number of phenolic OH excluding ortho intramolecular Hbond substituents is 3. The van der Waals surface area contributed by atoms with E-state index in [9.17, 15) is 20.2 Å². The summed E-state index contributed by atoms with van der Waals surface area (Å²) in [4.78, 5) is 15.0. The second kappa shape index (κ2) is 14.5. The highest BCUT2D eigenvalue weighted by Crippen LogP contribution is 2.38. The van der Waals surface area contributed by atoms with Crippen molar-refractivity contribution in [2.45, 2.75) is 0 Å². The number of hydrogen-bond acceptors (Lipinski definition) is 9. The van der Waals surface area contributed by atoms with Crippen LogP contribution < -0.4 is 20.4 Å². The Labute approximate surface area is 294 Å². The number of anilines is 10. The third kappa shape index (κ3) is 7.58. The second-order valence-corrected chi connectivity index (χ2v) is 11.7. The van der Waals surface area contributed by atoms with Crippen LogP contribution in [0.3, 0.4) is 0 Å². The highest BCUT2D eigenvalue weighted by atomic mass is 16.3. The first-order valence-corrected chi connectivity index (χ1v) is 16.2. The fraction of sp³-hybridized carbons (Fsp3) is 0. The number of phenols is 3. The summed E-state index contributed by atoms with van der Waals surface area (Å²) in [5.74, 6) is 0.559. The molecule has 0 unspecified atom stereocenters. The molecule has 0 fully saturated rings. The fourth-order valence-corrected chi connectivity index (χ4v) is 5.72. The molecule has 250 valence electrons. The largest absolute Gasteiger partial charge is 0.508 e. The van der Waals surface area contributed by atoms with Gasteiger partial charge in [0.1, 0.15) is 22.9 Å². The van der Waals surface area contributed by atoms with Gasteiger partial charge in [-0.25, -0.2) is 0 Å². The maximum Gasteiger partial charge on any atom is 0.115 e.